The maximum absolute atomic E-state index is 12.6. The van der Waals surface area contributed by atoms with Crippen LogP contribution in [-0.2, 0) is 22.6 Å². The quantitative estimate of drug-likeness (QED) is 0.824. The van der Waals surface area contributed by atoms with Crippen LogP contribution >= 0.6 is 0 Å². The molecular formula is C19H19F3N2O3S. The Hall–Kier alpha value is -2.55. The van der Waals surface area contributed by atoms with E-state index >= 15 is 0 Å². The Labute approximate surface area is 161 Å². The SMILES string of the molecule is CCS(=O)(=O)N1CCCc2cc(NC(=O)c3ccc(C(F)(F)F)cc3)ccc21. The number of carbonyl (C=O) groups excluding carboxylic acids is 1. The lowest BCUT2D eigenvalue weighted by molar-refractivity contribution is -0.137. The minimum Gasteiger partial charge on any atom is -0.322 e. The number of fused-ring (bicyclic) bond motifs is 1. The number of hydrogen-bond acceptors (Lipinski definition) is 3. The summed E-state index contributed by atoms with van der Waals surface area (Å²) in [5.74, 6) is -0.540. The van der Waals surface area contributed by atoms with E-state index in [0.717, 1.165) is 29.8 Å². The van der Waals surface area contributed by atoms with Crippen LogP contribution in [0.2, 0.25) is 0 Å². The summed E-state index contributed by atoms with van der Waals surface area (Å²) in [6, 6.07) is 8.88. The topological polar surface area (TPSA) is 66.5 Å². The Morgan fingerprint density at radius 3 is 2.43 bits per heavy atom. The van der Waals surface area contributed by atoms with Gasteiger partial charge in [0.2, 0.25) is 10.0 Å². The Morgan fingerprint density at radius 2 is 1.82 bits per heavy atom. The molecule has 0 bridgehead atoms. The molecule has 0 saturated heterocycles. The summed E-state index contributed by atoms with van der Waals surface area (Å²) in [4.78, 5) is 12.3. The van der Waals surface area contributed by atoms with Gasteiger partial charge in [0.05, 0.1) is 17.0 Å². The molecule has 28 heavy (non-hydrogen) atoms. The number of carbonyl (C=O) groups is 1. The summed E-state index contributed by atoms with van der Waals surface area (Å²) in [5, 5.41) is 2.65. The first kappa shape index (κ1) is 20.2. The highest BCUT2D eigenvalue weighted by molar-refractivity contribution is 7.92. The molecule has 150 valence electrons. The molecule has 1 aliphatic heterocycles. The largest absolute Gasteiger partial charge is 0.416 e. The predicted octanol–water partition coefficient (Wildman–Crippen LogP) is 4.06. The van der Waals surface area contributed by atoms with Crippen molar-refractivity contribution in [3.8, 4) is 0 Å². The summed E-state index contributed by atoms with van der Waals surface area (Å²) in [5.41, 5.74) is 1.13. The van der Waals surface area contributed by atoms with Crippen LogP contribution < -0.4 is 9.62 Å². The first-order valence-electron chi connectivity index (χ1n) is 8.74. The van der Waals surface area contributed by atoms with Crippen molar-refractivity contribution in [2.45, 2.75) is 25.9 Å². The van der Waals surface area contributed by atoms with Crippen molar-refractivity contribution in [3.63, 3.8) is 0 Å². The number of rotatable bonds is 4. The van der Waals surface area contributed by atoms with E-state index in [9.17, 15) is 26.4 Å². The van der Waals surface area contributed by atoms with Crippen molar-refractivity contribution in [2.24, 2.45) is 0 Å². The van der Waals surface area contributed by atoms with Crippen molar-refractivity contribution in [1.29, 1.82) is 0 Å². The molecule has 1 aliphatic rings. The average molecular weight is 412 g/mol. The maximum atomic E-state index is 12.6. The Morgan fingerprint density at radius 1 is 1.14 bits per heavy atom. The second kappa shape index (κ2) is 7.46. The van der Waals surface area contributed by atoms with Gasteiger partial charge in [-0.15, -0.1) is 0 Å². The van der Waals surface area contributed by atoms with Crippen LogP contribution in [0.3, 0.4) is 0 Å². The number of benzene rings is 2. The van der Waals surface area contributed by atoms with Gasteiger partial charge in [-0.05, 0) is 67.8 Å². The van der Waals surface area contributed by atoms with Crippen LogP contribution in [0.5, 0.6) is 0 Å². The molecule has 9 heteroatoms. The highest BCUT2D eigenvalue weighted by atomic mass is 32.2. The molecule has 1 heterocycles. The zero-order chi connectivity index (χ0) is 20.5. The lowest BCUT2D eigenvalue weighted by Crippen LogP contribution is -2.36. The molecule has 0 atom stereocenters. The lowest BCUT2D eigenvalue weighted by atomic mass is 10.0. The fraction of sp³-hybridized carbons (Fsp3) is 0.316. The highest BCUT2D eigenvalue weighted by Crippen LogP contribution is 2.32. The van der Waals surface area contributed by atoms with Crippen molar-refractivity contribution < 1.29 is 26.4 Å². The van der Waals surface area contributed by atoms with Crippen LogP contribution in [0.25, 0.3) is 0 Å². The Kier molecular flexibility index (Phi) is 5.38. The molecule has 0 saturated carbocycles. The van der Waals surface area contributed by atoms with Gasteiger partial charge in [-0.2, -0.15) is 13.2 Å². The molecule has 0 radical (unpaired) electrons. The Balaban J connectivity index is 1.80. The smallest absolute Gasteiger partial charge is 0.322 e. The summed E-state index contributed by atoms with van der Waals surface area (Å²) >= 11 is 0. The summed E-state index contributed by atoms with van der Waals surface area (Å²) in [6.07, 6.45) is -3.12. The number of alkyl halides is 3. The molecule has 1 N–H and O–H groups in total. The Bertz CT molecular complexity index is 986. The normalized spacial score (nSPS) is 14.5. The third-order valence-electron chi connectivity index (χ3n) is 4.59. The van der Waals surface area contributed by atoms with Gasteiger partial charge in [-0.25, -0.2) is 8.42 Å². The third-order valence-corrected chi connectivity index (χ3v) is 6.37. The first-order valence-corrected chi connectivity index (χ1v) is 10.3. The predicted molar refractivity (Wildman–Crippen MR) is 101 cm³/mol. The van der Waals surface area contributed by atoms with Crippen molar-refractivity contribution in [2.75, 3.05) is 21.9 Å². The molecule has 0 spiro atoms. The van der Waals surface area contributed by atoms with Crippen LogP contribution in [0.15, 0.2) is 42.5 Å². The van der Waals surface area contributed by atoms with E-state index in [1.54, 1.807) is 25.1 Å². The summed E-state index contributed by atoms with van der Waals surface area (Å²) < 4.78 is 63.7. The van der Waals surface area contributed by atoms with Gasteiger partial charge in [-0.1, -0.05) is 0 Å². The summed E-state index contributed by atoms with van der Waals surface area (Å²) in [6.45, 7) is 2.00. The van der Waals surface area contributed by atoms with Crippen LogP contribution in [0.1, 0.15) is 34.8 Å². The molecule has 3 rings (SSSR count). The minimum atomic E-state index is -4.46. The van der Waals surface area contributed by atoms with Crippen molar-refractivity contribution in [3.05, 3.63) is 59.2 Å². The average Bonchev–Trinajstić information content (AvgIpc) is 2.66. The molecule has 0 aliphatic carbocycles. The van der Waals surface area contributed by atoms with E-state index in [4.69, 9.17) is 0 Å². The van der Waals surface area contributed by atoms with Gasteiger partial charge < -0.3 is 5.32 Å². The van der Waals surface area contributed by atoms with Gasteiger partial charge >= 0.3 is 6.18 Å². The molecule has 0 unspecified atom stereocenters. The summed E-state index contributed by atoms with van der Waals surface area (Å²) in [7, 11) is -3.38. The zero-order valence-corrected chi connectivity index (χ0v) is 15.9. The number of nitrogens with one attached hydrogen (secondary N) is 1. The number of hydrogen-bond donors (Lipinski definition) is 1. The number of aryl methyl sites for hydroxylation is 1. The van der Waals surface area contributed by atoms with E-state index in [1.807, 2.05) is 0 Å². The van der Waals surface area contributed by atoms with Crippen LogP contribution in [0.4, 0.5) is 24.5 Å². The standard InChI is InChI=1S/C19H19F3N2O3S/c1-2-28(26,27)24-11-3-4-14-12-16(9-10-17(14)24)23-18(25)13-5-7-15(8-6-13)19(20,21)22/h5-10,12H,2-4,11H2,1H3,(H,23,25). The lowest BCUT2D eigenvalue weighted by Gasteiger charge is -2.30. The van der Waals surface area contributed by atoms with E-state index in [0.29, 0.717) is 30.8 Å². The van der Waals surface area contributed by atoms with E-state index in [2.05, 4.69) is 5.32 Å². The van der Waals surface area contributed by atoms with Gasteiger partial charge in [0.1, 0.15) is 0 Å². The van der Waals surface area contributed by atoms with Crippen LogP contribution in [-0.4, -0.2) is 26.6 Å². The number of nitrogens with zero attached hydrogens (tertiary/aromatic N) is 1. The molecule has 1 amide bonds. The van der Waals surface area contributed by atoms with E-state index in [-0.39, 0.29) is 11.3 Å². The molecular weight excluding hydrogens is 393 g/mol. The van der Waals surface area contributed by atoms with Crippen molar-refractivity contribution >= 4 is 27.3 Å². The number of anilines is 2. The highest BCUT2D eigenvalue weighted by Gasteiger charge is 2.30. The van der Waals surface area contributed by atoms with Gasteiger partial charge in [0.15, 0.2) is 0 Å². The maximum Gasteiger partial charge on any atom is 0.416 e. The number of halogens is 3. The molecule has 0 aromatic heterocycles. The molecule has 2 aromatic rings. The monoisotopic (exact) mass is 412 g/mol. The first-order chi connectivity index (χ1) is 13.1. The van der Waals surface area contributed by atoms with Gasteiger partial charge in [0.25, 0.3) is 5.91 Å². The van der Waals surface area contributed by atoms with Gasteiger partial charge in [-0.3, -0.25) is 9.10 Å². The van der Waals surface area contributed by atoms with Gasteiger partial charge in [0, 0.05) is 17.8 Å². The number of sulfonamides is 1. The second-order valence-corrected chi connectivity index (χ2v) is 8.63. The fourth-order valence-corrected chi connectivity index (χ4v) is 4.30. The van der Waals surface area contributed by atoms with E-state index in [1.165, 1.54) is 4.31 Å². The molecule has 0 fully saturated rings. The van der Waals surface area contributed by atoms with Crippen LogP contribution in [0, 0.1) is 0 Å². The number of amides is 1. The van der Waals surface area contributed by atoms with E-state index < -0.39 is 27.7 Å². The van der Waals surface area contributed by atoms with Crippen molar-refractivity contribution in [1.82, 2.24) is 0 Å². The zero-order valence-electron chi connectivity index (χ0n) is 15.1. The minimum absolute atomic E-state index is 0.00114. The fourth-order valence-electron chi connectivity index (χ4n) is 3.10. The third kappa shape index (κ3) is 4.14. The molecule has 5 nitrogen and oxygen atoms in total. The molecule has 2 aromatic carbocycles. The second-order valence-electron chi connectivity index (χ2n) is 6.45.